The molecule has 0 radical (unpaired) electrons. The van der Waals surface area contributed by atoms with Gasteiger partial charge in [-0.25, -0.2) is 4.98 Å². The third kappa shape index (κ3) is 4.44. The molecule has 2 aromatic heterocycles. The normalized spacial score (nSPS) is 17.9. The molecule has 1 N–H and O–H groups in total. The number of nitrogens with zero attached hydrogens (tertiary/aromatic N) is 3. The maximum Gasteiger partial charge on any atom is 0.274 e. The van der Waals surface area contributed by atoms with Crippen LogP contribution in [-0.2, 0) is 7.05 Å². The monoisotopic (exact) mass is 498 g/mol. The second-order valence-electron chi connectivity index (χ2n) is 9.93. The number of nitrogens with one attached hydrogen (secondary N) is 1. The molecule has 2 fully saturated rings. The number of benzene rings is 2. The number of carbonyl (C=O) groups is 2. The van der Waals surface area contributed by atoms with Crippen molar-refractivity contribution in [3.8, 4) is 10.4 Å². The lowest BCUT2D eigenvalue weighted by molar-refractivity contribution is 0.0598. The van der Waals surface area contributed by atoms with Crippen LogP contribution in [-0.4, -0.2) is 45.4 Å². The molecular formula is C29H30N4O2S. The van der Waals surface area contributed by atoms with Gasteiger partial charge in [-0.1, -0.05) is 30.3 Å². The predicted molar refractivity (Wildman–Crippen MR) is 143 cm³/mol. The molecule has 7 heteroatoms. The van der Waals surface area contributed by atoms with Crippen molar-refractivity contribution in [1.82, 2.24) is 19.8 Å². The van der Waals surface area contributed by atoms with Crippen molar-refractivity contribution < 1.29 is 9.59 Å². The van der Waals surface area contributed by atoms with Gasteiger partial charge in [-0.2, -0.15) is 0 Å². The predicted octanol–water partition coefficient (Wildman–Crippen LogP) is 5.60. The maximum absolute atomic E-state index is 13.9. The Morgan fingerprint density at radius 1 is 1.06 bits per heavy atom. The maximum atomic E-state index is 13.9. The molecule has 2 aliphatic rings. The molecule has 3 heterocycles. The lowest BCUT2D eigenvalue weighted by Crippen LogP contribution is -2.49. The van der Waals surface area contributed by atoms with E-state index in [-0.39, 0.29) is 17.9 Å². The van der Waals surface area contributed by atoms with E-state index in [1.54, 1.807) is 11.3 Å². The quantitative estimate of drug-likeness (QED) is 0.376. The van der Waals surface area contributed by atoms with Crippen LogP contribution in [0, 0.1) is 0 Å². The van der Waals surface area contributed by atoms with Gasteiger partial charge in [0.25, 0.3) is 11.8 Å². The van der Waals surface area contributed by atoms with E-state index in [0.29, 0.717) is 30.3 Å². The standard InChI is InChI=1S/C29H30N4O2S/c1-32-16-14-21-17-22(12-13-24(21)32)27(34)30-18-23-9-5-6-15-33(23)29(35)25-26(19-7-3-2-4-8-19)36-28(31-25)20-10-11-20/h2-4,7-8,12-14,16-17,20,23H,5-6,9-11,15,18H2,1H3,(H,30,34)/t23-/m0/s1. The first-order valence-electron chi connectivity index (χ1n) is 12.8. The Morgan fingerprint density at radius 2 is 1.89 bits per heavy atom. The number of likely N-dealkylation sites (tertiary alicyclic amines) is 1. The number of amides is 2. The number of carbonyl (C=O) groups excluding carboxylic acids is 2. The Bertz CT molecular complexity index is 1420. The van der Waals surface area contributed by atoms with Crippen molar-refractivity contribution in [2.24, 2.45) is 7.05 Å². The van der Waals surface area contributed by atoms with Crippen LogP contribution in [0.25, 0.3) is 21.3 Å². The van der Waals surface area contributed by atoms with Gasteiger partial charge in [0.1, 0.15) is 5.69 Å². The summed E-state index contributed by atoms with van der Waals surface area (Å²) >= 11 is 1.66. The summed E-state index contributed by atoms with van der Waals surface area (Å²) in [6, 6.07) is 17.9. The third-order valence-electron chi connectivity index (χ3n) is 7.34. The summed E-state index contributed by atoms with van der Waals surface area (Å²) in [4.78, 5) is 34.6. The summed E-state index contributed by atoms with van der Waals surface area (Å²) < 4.78 is 2.04. The van der Waals surface area contributed by atoms with Crippen molar-refractivity contribution in [3.05, 3.63) is 77.1 Å². The highest BCUT2D eigenvalue weighted by atomic mass is 32.1. The lowest BCUT2D eigenvalue weighted by Gasteiger charge is -2.35. The van der Waals surface area contributed by atoms with E-state index in [1.165, 1.54) is 0 Å². The number of aromatic nitrogens is 2. The van der Waals surface area contributed by atoms with Crippen LogP contribution in [0.3, 0.4) is 0 Å². The molecule has 0 spiro atoms. The van der Waals surface area contributed by atoms with Crippen LogP contribution >= 0.6 is 11.3 Å². The van der Waals surface area contributed by atoms with Gasteiger partial charge >= 0.3 is 0 Å². The fraction of sp³-hybridized carbons (Fsp3) is 0.345. The van der Waals surface area contributed by atoms with Gasteiger partial charge < -0.3 is 14.8 Å². The van der Waals surface area contributed by atoms with Gasteiger partial charge in [-0.15, -0.1) is 11.3 Å². The summed E-state index contributed by atoms with van der Waals surface area (Å²) in [7, 11) is 2.00. The molecule has 0 bridgehead atoms. The second-order valence-corrected chi connectivity index (χ2v) is 11.0. The lowest BCUT2D eigenvalue weighted by atomic mass is 10.0. The average Bonchev–Trinajstić information content (AvgIpc) is 3.57. The first kappa shape index (κ1) is 23.0. The summed E-state index contributed by atoms with van der Waals surface area (Å²) in [5.41, 5.74) is 3.35. The van der Waals surface area contributed by atoms with Gasteiger partial charge in [-0.05, 0) is 61.9 Å². The van der Waals surface area contributed by atoms with E-state index in [1.807, 2.05) is 65.2 Å². The van der Waals surface area contributed by atoms with Crippen molar-refractivity contribution in [2.45, 2.75) is 44.1 Å². The largest absolute Gasteiger partial charge is 0.351 e. The van der Waals surface area contributed by atoms with Crippen molar-refractivity contribution in [3.63, 3.8) is 0 Å². The first-order valence-corrected chi connectivity index (χ1v) is 13.6. The highest BCUT2D eigenvalue weighted by molar-refractivity contribution is 7.15. The van der Waals surface area contributed by atoms with Gasteiger partial charge in [0.2, 0.25) is 0 Å². The van der Waals surface area contributed by atoms with Crippen LogP contribution in [0.5, 0.6) is 0 Å². The van der Waals surface area contributed by atoms with E-state index >= 15 is 0 Å². The molecule has 1 aliphatic carbocycles. The minimum Gasteiger partial charge on any atom is -0.351 e. The molecule has 6 rings (SSSR count). The molecule has 36 heavy (non-hydrogen) atoms. The molecular weight excluding hydrogens is 468 g/mol. The highest BCUT2D eigenvalue weighted by Crippen LogP contribution is 2.45. The molecule has 2 aromatic carbocycles. The number of piperidine rings is 1. The molecule has 1 atom stereocenters. The van der Waals surface area contributed by atoms with Gasteiger partial charge in [0, 0.05) is 54.8 Å². The number of fused-ring (bicyclic) bond motifs is 1. The molecule has 1 saturated carbocycles. The molecule has 0 unspecified atom stereocenters. The zero-order chi connectivity index (χ0) is 24.6. The van der Waals surface area contributed by atoms with Gasteiger partial charge in [-0.3, -0.25) is 9.59 Å². The van der Waals surface area contributed by atoms with Crippen molar-refractivity contribution in [2.75, 3.05) is 13.1 Å². The van der Waals surface area contributed by atoms with Crippen molar-refractivity contribution >= 4 is 34.1 Å². The van der Waals surface area contributed by atoms with E-state index in [4.69, 9.17) is 4.98 Å². The minimum atomic E-state index is -0.103. The number of thiazole rings is 1. The van der Waals surface area contributed by atoms with Gasteiger partial charge in [0.05, 0.1) is 9.88 Å². The molecule has 184 valence electrons. The fourth-order valence-corrected chi connectivity index (χ4v) is 6.36. The summed E-state index contributed by atoms with van der Waals surface area (Å²) in [5, 5.41) is 5.22. The summed E-state index contributed by atoms with van der Waals surface area (Å²) in [6.07, 6.45) is 7.21. The van der Waals surface area contributed by atoms with Crippen LogP contribution in [0.2, 0.25) is 0 Å². The zero-order valence-corrected chi connectivity index (χ0v) is 21.3. The summed E-state index contributed by atoms with van der Waals surface area (Å²) in [5.74, 6) is 0.382. The molecule has 1 saturated heterocycles. The molecule has 6 nitrogen and oxygen atoms in total. The number of hydrogen-bond acceptors (Lipinski definition) is 4. The SMILES string of the molecule is Cn1ccc2cc(C(=O)NC[C@@H]3CCCCN3C(=O)c3nc(C4CC4)sc3-c3ccccc3)ccc21. The smallest absolute Gasteiger partial charge is 0.274 e. The van der Waals surface area contributed by atoms with Crippen LogP contribution in [0.15, 0.2) is 60.8 Å². The van der Waals surface area contributed by atoms with E-state index in [0.717, 1.165) is 58.5 Å². The second kappa shape index (κ2) is 9.54. The number of hydrogen-bond donors (Lipinski definition) is 1. The highest BCUT2D eigenvalue weighted by Gasteiger charge is 2.34. The van der Waals surface area contributed by atoms with Crippen LogP contribution in [0.4, 0.5) is 0 Å². The average molecular weight is 499 g/mol. The fourth-order valence-electron chi connectivity index (χ4n) is 5.12. The van der Waals surface area contributed by atoms with E-state index in [9.17, 15) is 9.59 Å². The Morgan fingerprint density at radius 3 is 2.69 bits per heavy atom. The molecule has 1 aliphatic heterocycles. The Labute approximate surface area is 215 Å². The topological polar surface area (TPSA) is 67.2 Å². The Kier molecular flexibility index (Phi) is 6.09. The van der Waals surface area contributed by atoms with E-state index in [2.05, 4.69) is 17.4 Å². The Hall–Kier alpha value is -3.45. The number of rotatable bonds is 6. The third-order valence-corrected chi connectivity index (χ3v) is 8.61. The summed E-state index contributed by atoms with van der Waals surface area (Å²) in [6.45, 7) is 1.14. The van der Waals surface area contributed by atoms with Crippen LogP contribution in [0.1, 0.15) is 63.9 Å². The molecule has 4 aromatic rings. The Balaban J connectivity index is 1.21. The van der Waals surface area contributed by atoms with Crippen molar-refractivity contribution in [1.29, 1.82) is 0 Å². The number of aryl methyl sites for hydroxylation is 1. The van der Waals surface area contributed by atoms with Crippen LogP contribution < -0.4 is 5.32 Å². The minimum absolute atomic E-state index is 0.0124. The molecule has 2 amide bonds. The van der Waals surface area contributed by atoms with E-state index < -0.39 is 0 Å². The zero-order valence-electron chi connectivity index (χ0n) is 20.4. The first-order chi connectivity index (χ1) is 17.6. The van der Waals surface area contributed by atoms with Gasteiger partial charge in [0.15, 0.2) is 0 Å².